The Labute approximate surface area is 95.5 Å². The van der Waals surface area contributed by atoms with E-state index in [-0.39, 0.29) is 0 Å². The van der Waals surface area contributed by atoms with E-state index in [1.165, 1.54) is 0 Å². The van der Waals surface area contributed by atoms with Crippen LogP contribution in [0.5, 0.6) is 0 Å². The summed E-state index contributed by atoms with van der Waals surface area (Å²) < 4.78 is 10.5. The van der Waals surface area contributed by atoms with E-state index in [0.29, 0.717) is 25.5 Å². The predicted octanol–water partition coefficient (Wildman–Crippen LogP) is 1.83. The number of ether oxygens (including phenoxy) is 1. The van der Waals surface area contributed by atoms with E-state index in [9.17, 15) is 0 Å². The van der Waals surface area contributed by atoms with E-state index in [1.54, 1.807) is 12.1 Å². The second-order valence-electron chi connectivity index (χ2n) is 3.56. The lowest BCUT2D eigenvalue weighted by atomic mass is 10.4. The van der Waals surface area contributed by atoms with Gasteiger partial charge in [-0.05, 0) is 19.1 Å². The highest BCUT2D eigenvalue weighted by atomic mass is 16.5. The van der Waals surface area contributed by atoms with Crippen molar-refractivity contribution in [1.82, 2.24) is 5.32 Å². The molecule has 0 aliphatic heterocycles. The number of furan rings is 1. The van der Waals surface area contributed by atoms with Gasteiger partial charge in [-0.3, -0.25) is 0 Å². The molecule has 0 saturated carbocycles. The summed E-state index contributed by atoms with van der Waals surface area (Å²) in [7, 11) is 0. The first-order valence-electron chi connectivity index (χ1n) is 5.14. The maximum atomic E-state index is 8.55. The molecular weight excluding hydrogens is 204 g/mol. The van der Waals surface area contributed by atoms with Crippen LogP contribution in [0.1, 0.15) is 18.4 Å². The van der Waals surface area contributed by atoms with Gasteiger partial charge < -0.3 is 14.5 Å². The molecule has 4 heteroatoms. The summed E-state index contributed by atoms with van der Waals surface area (Å²) in [6.45, 7) is 8.26. The van der Waals surface area contributed by atoms with Gasteiger partial charge in [-0.15, -0.1) is 0 Å². The fourth-order valence-corrected chi connectivity index (χ4v) is 1.14. The molecule has 1 N–H and O–H groups in total. The summed E-state index contributed by atoms with van der Waals surface area (Å²) in [4.78, 5) is 0. The number of nitrogens with one attached hydrogen (secondary N) is 1. The zero-order valence-electron chi connectivity index (χ0n) is 9.45. The van der Waals surface area contributed by atoms with Crippen molar-refractivity contribution in [2.75, 3.05) is 19.8 Å². The van der Waals surface area contributed by atoms with Crippen molar-refractivity contribution in [1.29, 1.82) is 5.26 Å². The summed E-state index contributed by atoms with van der Waals surface area (Å²) in [5.41, 5.74) is 1.02. The second kappa shape index (κ2) is 6.83. The maximum absolute atomic E-state index is 8.55. The van der Waals surface area contributed by atoms with Crippen molar-refractivity contribution < 1.29 is 9.15 Å². The highest BCUT2D eigenvalue weighted by molar-refractivity contribution is 5.18. The zero-order valence-corrected chi connectivity index (χ0v) is 9.45. The van der Waals surface area contributed by atoms with Crippen LogP contribution in [0.4, 0.5) is 0 Å². The molecular formula is C12H16N2O2. The van der Waals surface area contributed by atoms with E-state index < -0.39 is 0 Å². The number of rotatable bonds is 7. The standard InChI is InChI=1S/C12H16N2O2/c1-10(2)9-15-6-5-14-8-12-4-3-11(7-13)16-12/h3-4,14H,1,5-6,8-9H2,2H3. The van der Waals surface area contributed by atoms with Gasteiger partial charge >= 0.3 is 0 Å². The third-order valence-corrected chi connectivity index (χ3v) is 1.84. The number of hydrogen-bond acceptors (Lipinski definition) is 4. The lowest BCUT2D eigenvalue weighted by Gasteiger charge is -2.04. The van der Waals surface area contributed by atoms with Crippen molar-refractivity contribution in [3.05, 3.63) is 35.8 Å². The molecule has 1 rings (SSSR count). The maximum Gasteiger partial charge on any atom is 0.203 e. The fraction of sp³-hybridized carbons (Fsp3) is 0.417. The van der Waals surface area contributed by atoms with Gasteiger partial charge in [0, 0.05) is 6.54 Å². The number of nitrogens with zero attached hydrogens (tertiary/aromatic N) is 1. The Kier molecular flexibility index (Phi) is 5.34. The van der Waals surface area contributed by atoms with E-state index in [0.717, 1.165) is 17.9 Å². The molecule has 0 radical (unpaired) electrons. The van der Waals surface area contributed by atoms with Gasteiger partial charge in [0.1, 0.15) is 11.8 Å². The summed E-state index contributed by atoms with van der Waals surface area (Å²) in [5.74, 6) is 1.10. The molecule has 0 aliphatic carbocycles. The minimum Gasteiger partial charge on any atom is -0.449 e. The Bertz CT molecular complexity index is 377. The van der Waals surface area contributed by atoms with Crippen LogP contribution in [0.3, 0.4) is 0 Å². The highest BCUT2D eigenvalue weighted by Gasteiger charge is 1.99. The molecule has 0 atom stereocenters. The molecule has 1 aromatic rings. The fourth-order valence-electron chi connectivity index (χ4n) is 1.14. The molecule has 16 heavy (non-hydrogen) atoms. The van der Waals surface area contributed by atoms with Crippen LogP contribution >= 0.6 is 0 Å². The Balaban J connectivity index is 2.07. The van der Waals surface area contributed by atoms with Crippen molar-refractivity contribution in [3.8, 4) is 6.07 Å². The summed E-state index contributed by atoms with van der Waals surface area (Å²) >= 11 is 0. The minimum atomic E-state index is 0.343. The largest absolute Gasteiger partial charge is 0.449 e. The quantitative estimate of drug-likeness (QED) is 0.562. The Morgan fingerprint density at radius 3 is 3.06 bits per heavy atom. The lowest BCUT2D eigenvalue weighted by Crippen LogP contribution is -2.19. The van der Waals surface area contributed by atoms with Gasteiger partial charge in [-0.2, -0.15) is 5.26 Å². The van der Waals surface area contributed by atoms with Crippen molar-refractivity contribution >= 4 is 0 Å². The molecule has 0 bridgehead atoms. The number of nitriles is 1. The van der Waals surface area contributed by atoms with Gasteiger partial charge in [0.2, 0.25) is 5.76 Å². The summed E-state index contributed by atoms with van der Waals surface area (Å²) in [6.07, 6.45) is 0. The Morgan fingerprint density at radius 1 is 1.62 bits per heavy atom. The molecule has 1 heterocycles. The van der Waals surface area contributed by atoms with Gasteiger partial charge in [-0.25, -0.2) is 0 Å². The molecule has 4 nitrogen and oxygen atoms in total. The van der Waals surface area contributed by atoms with E-state index in [2.05, 4.69) is 11.9 Å². The van der Waals surface area contributed by atoms with E-state index in [1.807, 2.05) is 13.0 Å². The zero-order chi connectivity index (χ0) is 11.8. The number of hydrogen-bond donors (Lipinski definition) is 1. The van der Waals surface area contributed by atoms with Crippen LogP contribution < -0.4 is 5.32 Å². The molecule has 0 aromatic carbocycles. The molecule has 0 spiro atoms. The molecule has 0 amide bonds. The average Bonchev–Trinajstić information content (AvgIpc) is 2.70. The van der Waals surface area contributed by atoms with Crippen LogP contribution in [0.2, 0.25) is 0 Å². The second-order valence-corrected chi connectivity index (χ2v) is 3.56. The smallest absolute Gasteiger partial charge is 0.203 e. The first kappa shape index (κ1) is 12.5. The van der Waals surface area contributed by atoms with Gasteiger partial charge in [0.05, 0.1) is 19.8 Å². The van der Waals surface area contributed by atoms with E-state index in [4.69, 9.17) is 14.4 Å². The molecule has 0 unspecified atom stereocenters. The Hall–Kier alpha value is -1.57. The average molecular weight is 220 g/mol. The van der Waals surface area contributed by atoms with Crippen LogP contribution in [0.25, 0.3) is 0 Å². The van der Waals surface area contributed by atoms with Crippen molar-refractivity contribution in [2.45, 2.75) is 13.5 Å². The molecule has 0 aliphatic rings. The van der Waals surface area contributed by atoms with Crippen LogP contribution in [0.15, 0.2) is 28.7 Å². The topological polar surface area (TPSA) is 58.2 Å². The van der Waals surface area contributed by atoms with Crippen molar-refractivity contribution in [3.63, 3.8) is 0 Å². The third-order valence-electron chi connectivity index (χ3n) is 1.84. The molecule has 0 saturated heterocycles. The van der Waals surface area contributed by atoms with Crippen LogP contribution in [-0.4, -0.2) is 19.8 Å². The minimum absolute atomic E-state index is 0.343. The van der Waals surface area contributed by atoms with Gasteiger partial charge in [0.15, 0.2) is 0 Å². The highest BCUT2D eigenvalue weighted by Crippen LogP contribution is 2.05. The first-order valence-corrected chi connectivity index (χ1v) is 5.14. The van der Waals surface area contributed by atoms with Crippen LogP contribution in [-0.2, 0) is 11.3 Å². The molecule has 0 fully saturated rings. The third kappa shape index (κ3) is 4.78. The van der Waals surface area contributed by atoms with Crippen molar-refractivity contribution in [2.24, 2.45) is 0 Å². The first-order chi connectivity index (χ1) is 7.72. The molecule has 86 valence electrons. The Morgan fingerprint density at radius 2 is 2.44 bits per heavy atom. The predicted molar refractivity (Wildman–Crippen MR) is 60.8 cm³/mol. The van der Waals surface area contributed by atoms with Crippen LogP contribution in [0, 0.1) is 11.3 Å². The van der Waals surface area contributed by atoms with Gasteiger partial charge in [0.25, 0.3) is 0 Å². The SMILES string of the molecule is C=C(C)COCCNCc1ccc(C#N)o1. The summed E-state index contributed by atoms with van der Waals surface area (Å²) in [5, 5.41) is 11.7. The summed E-state index contributed by atoms with van der Waals surface area (Å²) in [6, 6.07) is 5.39. The lowest BCUT2D eigenvalue weighted by molar-refractivity contribution is 0.157. The van der Waals surface area contributed by atoms with Gasteiger partial charge in [-0.1, -0.05) is 12.2 Å². The van der Waals surface area contributed by atoms with E-state index >= 15 is 0 Å². The normalized spacial score (nSPS) is 10.0. The molecule has 1 aromatic heterocycles. The monoisotopic (exact) mass is 220 g/mol.